The van der Waals surface area contributed by atoms with Crippen molar-refractivity contribution in [1.29, 1.82) is 0 Å². The summed E-state index contributed by atoms with van der Waals surface area (Å²) in [7, 11) is 0. The minimum atomic E-state index is 0.0103. The molecule has 0 bridgehead atoms. The molecule has 0 saturated heterocycles. The number of thioether (sulfide) groups is 1. The van der Waals surface area contributed by atoms with Gasteiger partial charge in [-0.25, -0.2) is 0 Å². The number of halogens is 1. The van der Waals surface area contributed by atoms with Gasteiger partial charge in [0.15, 0.2) is 0 Å². The highest BCUT2D eigenvalue weighted by atomic mass is 127. The van der Waals surface area contributed by atoms with Crippen LogP contribution in [-0.4, -0.2) is 18.2 Å². The van der Waals surface area contributed by atoms with Crippen LogP contribution in [0, 0.1) is 10.5 Å². The lowest BCUT2D eigenvalue weighted by Gasteiger charge is -2.07. The quantitative estimate of drug-likeness (QED) is 0.569. The molecule has 0 saturated carbocycles. The number of amides is 1. The van der Waals surface area contributed by atoms with Crippen LogP contribution in [0.5, 0.6) is 0 Å². The largest absolute Gasteiger partial charge is 0.351 e. The molecule has 0 aliphatic heterocycles. The van der Waals surface area contributed by atoms with Crippen molar-refractivity contribution in [2.24, 2.45) is 0 Å². The Labute approximate surface area is 143 Å². The summed E-state index contributed by atoms with van der Waals surface area (Å²) in [5, 5.41) is 2.97. The van der Waals surface area contributed by atoms with E-state index in [1.54, 1.807) is 0 Å². The summed E-state index contributed by atoms with van der Waals surface area (Å²) in [5.41, 5.74) is 3.38. The molecule has 0 aliphatic carbocycles. The molecule has 0 aromatic heterocycles. The van der Waals surface area contributed by atoms with Gasteiger partial charge in [-0.3, -0.25) is 4.79 Å². The predicted molar refractivity (Wildman–Crippen MR) is 98.8 cm³/mol. The number of carbonyl (C=O) groups is 1. The zero-order valence-electron chi connectivity index (χ0n) is 11.9. The summed E-state index contributed by atoms with van der Waals surface area (Å²) < 4.78 is 0.986. The van der Waals surface area contributed by atoms with E-state index in [-0.39, 0.29) is 5.91 Å². The van der Waals surface area contributed by atoms with Gasteiger partial charge in [-0.05, 0) is 47.2 Å². The molecule has 1 amide bonds. The lowest BCUT2D eigenvalue weighted by molar-refractivity contribution is 0.0955. The van der Waals surface area contributed by atoms with Crippen molar-refractivity contribution in [2.45, 2.75) is 12.7 Å². The van der Waals surface area contributed by atoms with Crippen LogP contribution in [0.4, 0.5) is 0 Å². The SMILES string of the molecule is Cc1cccc(CSCCNC(=O)c2ccccc2I)c1. The van der Waals surface area contributed by atoms with Crippen molar-refractivity contribution < 1.29 is 4.79 Å². The highest BCUT2D eigenvalue weighted by Crippen LogP contribution is 2.13. The van der Waals surface area contributed by atoms with Crippen molar-refractivity contribution in [3.05, 3.63) is 68.8 Å². The normalized spacial score (nSPS) is 10.4. The molecule has 4 heteroatoms. The van der Waals surface area contributed by atoms with Gasteiger partial charge in [0, 0.05) is 21.6 Å². The standard InChI is InChI=1S/C17H18INOS/c1-13-5-4-6-14(11-13)12-21-10-9-19-17(20)15-7-2-3-8-16(15)18/h2-8,11H,9-10,12H2,1H3,(H,19,20). The number of hydrogen-bond donors (Lipinski definition) is 1. The van der Waals surface area contributed by atoms with Gasteiger partial charge >= 0.3 is 0 Å². The molecule has 2 aromatic carbocycles. The van der Waals surface area contributed by atoms with Gasteiger partial charge in [-0.2, -0.15) is 11.8 Å². The van der Waals surface area contributed by atoms with Crippen LogP contribution < -0.4 is 5.32 Å². The molecule has 2 aromatic rings. The van der Waals surface area contributed by atoms with Crippen LogP contribution in [0.15, 0.2) is 48.5 Å². The van der Waals surface area contributed by atoms with E-state index in [9.17, 15) is 4.79 Å². The Kier molecular flexibility index (Phi) is 6.57. The monoisotopic (exact) mass is 411 g/mol. The maximum Gasteiger partial charge on any atom is 0.252 e. The zero-order valence-corrected chi connectivity index (χ0v) is 14.9. The molecule has 2 rings (SSSR count). The van der Waals surface area contributed by atoms with Gasteiger partial charge in [-0.1, -0.05) is 42.0 Å². The van der Waals surface area contributed by atoms with E-state index < -0.39 is 0 Å². The summed E-state index contributed by atoms with van der Waals surface area (Å²) in [4.78, 5) is 12.0. The molecule has 0 unspecified atom stereocenters. The van der Waals surface area contributed by atoms with Crippen molar-refractivity contribution >= 4 is 40.3 Å². The fraction of sp³-hybridized carbons (Fsp3) is 0.235. The van der Waals surface area contributed by atoms with Crippen molar-refractivity contribution in [3.8, 4) is 0 Å². The van der Waals surface area contributed by atoms with E-state index >= 15 is 0 Å². The average Bonchev–Trinajstić information content (AvgIpc) is 2.47. The number of aryl methyl sites for hydroxylation is 1. The van der Waals surface area contributed by atoms with Gasteiger partial charge in [0.2, 0.25) is 0 Å². The van der Waals surface area contributed by atoms with Crippen molar-refractivity contribution in [1.82, 2.24) is 5.32 Å². The van der Waals surface area contributed by atoms with E-state index in [2.05, 4.69) is 59.1 Å². The fourth-order valence-corrected chi connectivity index (χ4v) is 3.41. The maximum absolute atomic E-state index is 12.0. The van der Waals surface area contributed by atoms with Crippen LogP contribution in [0.2, 0.25) is 0 Å². The van der Waals surface area contributed by atoms with Crippen LogP contribution in [0.3, 0.4) is 0 Å². The summed E-state index contributed by atoms with van der Waals surface area (Å²) in [6.07, 6.45) is 0. The zero-order chi connectivity index (χ0) is 15.1. The van der Waals surface area contributed by atoms with E-state index in [1.165, 1.54) is 11.1 Å². The molecule has 2 nitrogen and oxygen atoms in total. The van der Waals surface area contributed by atoms with E-state index in [0.29, 0.717) is 6.54 Å². The molecular weight excluding hydrogens is 393 g/mol. The number of hydrogen-bond acceptors (Lipinski definition) is 2. The maximum atomic E-state index is 12.0. The van der Waals surface area contributed by atoms with Gasteiger partial charge in [0.25, 0.3) is 5.91 Å². The van der Waals surface area contributed by atoms with Crippen LogP contribution in [0.1, 0.15) is 21.5 Å². The van der Waals surface area contributed by atoms with E-state index in [4.69, 9.17) is 0 Å². The summed E-state index contributed by atoms with van der Waals surface area (Å²) in [6.45, 7) is 2.80. The Bertz CT molecular complexity index is 615. The molecule has 0 fully saturated rings. The Hall–Kier alpha value is -1.01. The molecule has 21 heavy (non-hydrogen) atoms. The molecule has 0 aliphatic rings. The Morgan fingerprint density at radius 1 is 1.19 bits per heavy atom. The molecule has 0 spiro atoms. The van der Waals surface area contributed by atoms with E-state index in [1.807, 2.05) is 36.0 Å². The third-order valence-corrected chi connectivity index (χ3v) is 4.97. The number of nitrogens with one attached hydrogen (secondary N) is 1. The smallest absolute Gasteiger partial charge is 0.252 e. The van der Waals surface area contributed by atoms with Crippen LogP contribution in [0.25, 0.3) is 0 Å². The fourth-order valence-electron chi connectivity index (χ4n) is 1.97. The second-order valence-electron chi connectivity index (χ2n) is 4.78. The first-order chi connectivity index (χ1) is 10.2. The molecule has 0 heterocycles. The third kappa shape index (κ3) is 5.36. The first kappa shape index (κ1) is 16.4. The molecular formula is C17H18INOS. The van der Waals surface area contributed by atoms with Gasteiger partial charge in [-0.15, -0.1) is 0 Å². The first-order valence-corrected chi connectivity index (χ1v) is 9.06. The van der Waals surface area contributed by atoms with Gasteiger partial charge in [0.05, 0.1) is 5.56 Å². The topological polar surface area (TPSA) is 29.1 Å². The van der Waals surface area contributed by atoms with Crippen molar-refractivity contribution in [3.63, 3.8) is 0 Å². The van der Waals surface area contributed by atoms with Crippen LogP contribution in [-0.2, 0) is 5.75 Å². The average molecular weight is 411 g/mol. The number of rotatable bonds is 6. The Morgan fingerprint density at radius 3 is 2.76 bits per heavy atom. The Morgan fingerprint density at radius 2 is 2.00 bits per heavy atom. The third-order valence-electron chi connectivity index (χ3n) is 3.00. The number of benzene rings is 2. The van der Waals surface area contributed by atoms with Crippen LogP contribution >= 0.6 is 34.4 Å². The summed E-state index contributed by atoms with van der Waals surface area (Å²) >= 11 is 4.03. The lowest BCUT2D eigenvalue weighted by atomic mass is 10.2. The molecule has 110 valence electrons. The minimum Gasteiger partial charge on any atom is -0.351 e. The van der Waals surface area contributed by atoms with Gasteiger partial charge < -0.3 is 5.32 Å². The second kappa shape index (κ2) is 8.44. The Balaban J connectivity index is 1.70. The molecule has 0 atom stereocenters. The second-order valence-corrected chi connectivity index (χ2v) is 7.04. The summed E-state index contributed by atoms with van der Waals surface area (Å²) in [5.74, 6) is 1.92. The minimum absolute atomic E-state index is 0.0103. The molecule has 0 radical (unpaired) electrons. The predicted octanol–water partition coefficient (Wildman–Crippen LogP) is 4.26. The first-order valence-electron chi connectivity index (χ1n) is 6.83. The highest BCUT2D eigenvalue weighted by molar-refractivity contribution is 14.1. The summed E-state index contributed by atoms with van der Waals surface area (Å²) in [6, 6.07) is 16.2. The lowest BCUT2D eigenvalue weighted by Crippen LogP contribution is -2.26. The van der Waals surface area contributed by atoms with Crippen molar-refractivity contribution in [2.75, 3.05) is 12.3 Å². The highest BCUT2D eigenvalue weighted by Gasteiger charge is 2.07. The van der Waals surface area contributed by atoms with E-state index in [0.717, 1.165) is 20.6 Å². The number of carbonyl (C=O) groups excluding carboxylic acids is 1. The van der Waals surface area contributed by atoms with Gasteiger partial charge in [0.1, 0.15) is 0 Å². The molecule has 1 N–H and O–H groups in total.